The van der Waals surface area contributed by atoms with E-state index in [-0.39, 0.29) is 22.0 Å². The van der Waals surface area contributed by atoms with E-state index in [0.717, 1.165) is 6.07 Å². The van der Waals surface area contributed by atoms with Gasteiger partial charge in [0.15, 0.2) is 0 Å². The van der Waals surface area contributed by atoms with Gasteiger partial charge in [0.1, 0.15) is 4.90 Å². The average molecular weight is 331 g/mol. The predicted octanol–water partition coefficient (Wildman–Crippen LogP) is 1.99. The molecule has 0 aliphatic carbocycles. The number of sulfonamides is 1. The molecule has 1 rings (SSSR count). The molecule has 0 bridgehead atoms. The molecule has 0 radical (unpaired) electrons. The van der Waals surface area contributed by atoms with Gasteiger partial charge < -0.3 is 5.11 Å². The molecule has 0 spiro atoms. The van der Waals surface area contributed by atoms with Crippen LogP contribution < -0.4 is 4.72 Å². The van der Waals surface area contributed by atoms with E-state index >= 15 is 0 Å². The van der Waals surface area contributed by atoms with Gasteiger partial charge in [0.2, 0.25) is 10.0 Å². The van der Waals surface area contributed by atoms with Crippen molar-refractivity contribution in [2.45, 2.75) is 24.7 Å². The maximum absolute atomic E-state index is 12.2. The molecule has 0 fully saturated rings. The standard InChI is InChI=1S/C13H15ClN2O4S/c1-2-3-10(13(17)18)8-16-21(19,20)12-6-9(7-15)4-5-11(12)14/h4-6,10,16H,2-3,8H2,1H3,(H,17,18). The Hall–Kier alpha value is -1.62. The molecule has 21 heavy (non-hydrogen) atoms. The van der Waals surface area contributed by atoms with Gasteiger partial charge in [-0.15, -0.1) is 0 Å². The Balaban J connectivity index is 2.97. The van der Waals surface area contributed by atoms with E-state index in [0.29, 0.717) is 12.8 Å². The first-order valence-corrected chi connectivity index (χ1v) is 8.10. The highest BCUT2D eigenvalue weighted by Gasteiger charge is 2.23. The Morgan fingerprint density at radius 2 is 2.19 bits per heavy atom. The second-order valence-electron chi connectivity index (χ2n) is 4.43. The molecular formula is C13H15ClN2O4S. The van der Waals surface area contributed by atoms with Crippen molar-refractivity contribution in [1.29, 1.82) is 5.26 Å². The number of hydrogen-bond donors (Lipinski definition) is 2. The summed E-state index contributed by atoms with van der Waals surface area (Å²) in [6, 6.07) is 5.69. The minimum Gasteiger partial charge on any atom is -0.481 e. The first-order valence-electron chi connectivity index (χ1n) is 6.24. The van der Waals surface area contributed by atoms with Crippen molar-refractivity contribution in [2.24, 2.45) is 5.92 Å². The number of carbonyl (C=O) groups is 1. The zero-order valence-electron chi connectivity index (χ0n) is 11.3. The third-order valence-corrected chi connectivity index (χ3v) is 4.76. The number of carboxylic acids is 1. The fourth-order valence-corrected chi connectivity index (χ4v) is 3.33. The lowest BCUT2D eigenvalue weighted by Crippen LogP contribution is -2.33. The second kappa shape index (κ2) is 7.41. The number of aliphatic carboxylic acids is 1. The van der Waals surface area contributed by atoms with Crippen LogP contribution in [0.3, 0.4) is 0 Å². The van der Waals surface area contributed by atoms with Gasteiger partial charge in [-0.2, -0.15) is 5.26 Å². The minimum atomic E-state index is -3.97. The second-order valence-corrected chi connectivity index (χ2v) is 6.58. The molecule has 0 aliphatic rings. The van der Waals surface area contributed by atoms with Crippen LogP contribution in [0.4, 0.5) is 0 Å². The van der Waals surface area contributed by atoms with Crippen LogP contribution in [0.2, 0.25) is 5.02 Å². The van der Waals surface area contributed by atoms with E-state index < -0.39 is 21.9 Å². The number of hydrogen-bond acceptors (Lipinski definition) is 4. The van der Waals surface area contributed by atoms with E-state index in [1.54, 1.807) is 0 Å². The Labute approximate surface area is 128 Å². The number of halogens is 1. The summed E-state index contributed by atoms with van der Waals surface area (Å²) in [5, 5.41) is 17.8. The lowest BCUT2D eigenvalue weighted by atomic mass is 10.1. The Kier molecular flexibility index (Phi) is 6.15. The molecule has 2 N–H and O–H groups in total. The summed E-state index contributed by atoms with van der Waals surface area (Å²) in [5.41, 5.74) is 0.156. The van der Waals surface area contributed by atoms with Crippen molar-refractivity contribution < 1.29 is 18.3 Å². The molecule has 0 aliphatic heterocycles. The van der Waals surface area contributed by atoms with Gasteiger partial charge in [-0.3, -0.25) is 4.79 Å². The number of nitriles is 1. The molecular weight excluding hydrogens is 316 g/mol. The maximum Gasteiger partial charge on any atom is 0.307 e. The van der Waals surface area contributed by atoms with Crippen molar-refractivity contribution in [2.75, 3.05) is 6.54 Å². The van der Waals surface area contributed by atoms with E-state index in [2.05, 4.69) is 4.72 Å². The molecule has 0 saturated carbocycles. The predicted molar refractivity (Wildman–Crippen MR) is 77.4 cm³/mol. The summed E-state index contributed by atoms with van der Waals surface area (Å²) in [6.45, 7) is 1.59. The number of carboxylic acid groups (broad SMARTS) is 1. The van der Waals surface area contributed by atoms with Crippen LogP contribution in [0.25, 0.3) is 0 Å². The number of nitrogens with zero attached hydrogens (tertiary/aromatic N) is 1. The van der Waals surface area contributed by atoms with Crippen molar-refractivity contribution in [3.8, 4) is 6.07 Å². The fraction of sp³-hybridized carbons (Fsp3) is 0.385. The van der Waals surface area contributed by atoms with Crippen LogP contribution in [0.5, 0.6) is 0 Å². The summed E-state index contributed by atoms with van der Waals surface area (Å²) in [7, 11) is -3.97. The highest BCUT2D eigenvalue weighted by molar-refractivity contribution is 7.89. The Bertz CT molecular complexity index is 667. The third-order valence-electron chi connectivity index (χ3n) is 2.86. The van der Waals surface area contributed by atoms with E-state index in [1.165, 1.54) is 12.1 Å². The van der Waals surface area contributed by atoms with Crippen LogP contribution in [-0.4, -0.2) is 26.0 Å². The van der Waals surface area contributed by atoms with E-state index in [9.17, 15) is 13.2 Å². The smallest absolute Gasteiger partial charge is 0.307 e. The van der Waals surface area contributed by atoms with E-state index in [4.69, 9.17) is 22.0 Å². The molecule has 0 amide bonds. The lowest BCUT2D eigenvalue weighted by Gasteiger charge is -2.13. The van der Waals surface area contributed by atoms with Gasteiger partial charge in [-0.1, -0.05) is 24.9 Å². The van der Waals surface area contributed by atoms with Crippen LogP contribution in [-0.2, 0) is 14.8 Å². The molecule has 1 unspecified atom stereocenters. The first-order chi connectivity index (χ1) is 9.81. The molecule has 8 heteroatoms. The number of benzene rings is 1. The van der Waals surface area contributed by atoms with Crippen molar-refractivity contribution in [3.63, 3.8) is 0 Å². The summed E-state index contributed by atoms with van der Waals surface area (Å²) >= 11 is 5.83. The van der Waals surface area contributed by atoms with Crippen LogP contribution in [0, 0.1) is 17.2 Å². The third kappa shape index (κ3) is 4.70. The van der Waals surface area contributed by atoms with Gasteiger partial charge >= 0.3 is 5.97 Å². The van der Waals surface area contributed by atoms with Gasteiger partial charge in [0, 0.05) is 6.54 Å². The zero-order valence-corrected chi connectivity index (χ0v) is 12.9. The summed E-state index contributed by atoms with van der Waals surface area (Å²) in [4.78, 5) is 10.8. The largest absolute Gasteiger partial charge is 0.481 e. The number of nitrogens with one attached hydrogen (secondary N) is 1. The van der Waals surface area contributed by atoms with Gasteiger partial charge in [-0.25, -0.2) is 13.1 Å². The van der Waals surface area contributed by atoms with Crippen molar-refractivity contribution in [1.82, 2.24) is 4.72 Å². The van der Waals surface area contributed by atoms with Gasteiger partial charge in [-0.05, 0) is 24.6 Å². The van der Waals surface area contributed by atoms with Crippen LogP contribution in [0.15, 0.2) is 23.1 Å². The molecule has 6 nitrogen and oxygen atoms in total. The van der Waals surface area contributed by atoms with Crippen molar-refractivity contribution >= 4 is 27.6 Å². The molecule has 1 atom stereocenters. The Morgan fingerprint density at radius 1 is 1.52 bits per heavy atom. The molecule has 0 heterocycles. The quantitative estimate of drug-likeness (QED) is 0.795. The molecule has 0 aromatic heterocycles. The lowest BCUT2D eigenvalue weighted by molar-refractivity contribution is -0.141. The number of rotatable bonds is 7. The minimum absolute atomic E-state index is 0.0242. The SMILES string of the molecule is CCCC(CNS(=O)(=O)c1cc(C#N)ccc1Cl)C(=O)O. The summed E-state index contributed by atoms with van der Waals surface area (Å²) in [6.07, 6.45) is 0.993. The van der Waals surface area contributed by atoms with Gasteiger partial charge in [0.05, 0.1) is 22.6 Å². The highest BCUT2D eigenvalue weighted by Crippen LogP contribution is 2.22. The van der Waals surface area contributed by atoms with E-state index in [1.807, 2.05) is 13.0 Å². The maximum atomic E-state index is 12.2. The van der Waals surface area contributed by atoms with Gasteiger partial charge in [0.25, 0.3) is 0 Å². The molecule has 0 saturated heterocycles. The van der Waals surface area contributed by atoms with Crippen LogP contribution in [0.1, 0.15) is 25.3 Å². The topological polar surface area (TPSA) is 107 Å². The molecule has 1 aromatic carbocycles. The zero-order chi connectivity index (χ0) is 16.0. The van der Waals surface area contributed by atoms with Crippen LogP contribution >= 0.6 is 11.6 Å². The normalized spacial score (nSPS) is 12.6. The van der Waals surface area contributed by atoms with Crippen molar-refractivity contribution in [3.05, 3.63) is 28.8 Å². The molecule has 1 aromatic rings. The molecule has 114 valence electrons. The first kappa shape index (κ1) is 17.4. The highest BCUT2D eigenvalue weighted by atomic mass is 35.5. The fourth-order valence-electron chi connectivity index (χ4n) is 1.73. The summed E-state index contributed by atoms with van der Waals surface area (Å²) < 4.78 is 26.5. The summed E-state index contributed by atoms with van der Waals surface area (Å²) in [5.74, 6) is -1.86. The monoisotopic (exact) mass is 330 g/mol. The average Bonchev–Trinajstić information content (AvgIpc) is 2.43. The Morgan fingerprint density at radius 3 is 2.71 bits per heavy atom.